The van der Waals surface area contributed by atoms with Crippen LogP contribution in [0.15, 0.2) is 24.3 Å². The molecule has 0 radical (unpaired) electrons. The molecule has 4 N–H and O–H groups in total. The van der Waals surface area contributed by atoms with Crippen molar-refractivity contribution in [2.75, 3.05) is 13.2 Å². The van der Waals surface area contributed by atoms with Gasteiger partial charge in [-0.05, 0) is 24.0 Å². The van der Waals surface area contributed by atoms with E-state index in [-0.39, 0.29) is 11.9 Å². The van der Waals surface area contributed by atoms with Crippen LogP contribution in [0.1, 0.15) is 30.0 Å². The molecule has 20 heavy (non-hydrogen) atoms. The predicted octanol–water partition coefficient (Wildman–Crippen LogP) is 0.269. The molecule has 0 spiro atoms. The summed E-state index contributed by atoms with van der Waals surface area (Å²) in [5.74, 6) is -0.193. The Morgan fingerprint density at radius 1 is 1.35 bits per heavy atom. The maximum absolute atomic E-state index is 12.4. The van der Waals surface area contributed by atoms with Gasteiger partial charge in [-0.3, -0.25) is 4.79 Å². The number of ether oxygens (including phenoxy) is 1. The van der Waals surface area contributed by atoms with Gasteiger partial charge in [0.1, 0.15) is 0 Å². The summed E-state index contributed by atoms with van der Waals surface area (Å²) in [4.78, 5) is 12.4. The lowest BCUT2D eigenvalue weighted by atomic mass is 9.89. The van der Waals surface area contributed by atoms with Gasteiger partial charge in [0.2, 0.25) is 5.91 Å². The average molecular weight is 276 g/mol. The molecule has 1 heterocycles. The molecular weight excluding hydrogens is 256 g/mol. The topological polar surface area (TPSA) is 84.6 Å². The van der Waals surface area contributed by atoms with Crippen LogP contribution in [0, 0.1) is 0 Å². The molecule has 5 heteroatoms. The minimum Gasteiger partial charge on any atom is -0.390 e. The van der Waals surface area contributed by atoms with Crippen molar-refractivity contribution in [3.8, 4) is 0 Å². The molecule has 0 bridgehead atoms. The second-order valence-electron chi connectivity index (χ2n) is 5.69. The number of carbonyl (C=O) groups excluding carboxylic acids is 1. The Morgan fingerprint density at radius 2 is 2.05 bits per heavy atom. The summed E-state index contributed by atoms with van der Waals surface area (Å²) in [6.45, 7) is 1.02. The van der Waals surface area contributed by atoms with E-state index >= 15 is 0 Å². The first kappa shape index (κ1) is 13.5. The highest BCUT2D eigenvalue weighted by Crippen LogP contribution is 2.32. The van der Waals surface area contributed by atoms with E-state index in [2.05, 4.69) is 5.32 Å². The number of hydrogen-bond donors (Lipinski definition) is 3. The Balaban J connectivity index is 1.76. The molecule has 1 amide bonds. The van der Waals surface area contributed by atoms with Crippen molar-refractivity contribution in [1.82, 2.24) is 5.32 Å². The van der Waals surface area contributed by atoms with Crippen molar-refractivity contribution in [3.63, 3.8) is 0 Å². The predicted molar refractivity (Wildman–Crippen MR) is 74.0 cm³/mol. The van der Waals surface area contributed by atoms with Gasteiger partial charge < -0.3 is 20.9 Å². The van der Waals surface area contributed by atoms with E-state index in [1.807, 2.05) is 24.3 Å². The molecule has 3 rings (SSSR count). The number of fused-ring (bicyclic) bond motifs is 1. The summed E-state index contributed by atoms with van der Waals surface area (Å²) in [5, 5.41) is 13.1. The molecule has 0 saturated carbocycles. The zero-order valence-electron chi connectivity index (χ0n) is 11.3. The number of aliphatic hydroxyl groups is 1. The standard InChI is InChI=1S/C15H20N2O3/c16-15(5-7-20-8-6-15)14(19)17-13-11-4-2-1-3-10(11)9-12(13)18/h1-4,12-13,18H,5-9,16H2,(H,17,19)/t12-,13+/m1/s1. The van der Waals surface area contributed by atoms with E-state index in [1.54, 1.807) is 0 Å². The first-order valence-electron chi connectivity index (χ1n) is 7.04. The Bertz CT molecular complexity index is 512. The van der Waals surface area contributed by atoms with Gasteiger partial charge in [-0.1, -0.05) is 24.3 Å². The molecule has 1 aromatic rings. The normalized spacial score (nSPS) is 27.9. The number of rotatable bonds is 2. The maximum atomic E-state index is 12.4. The first-order chi connectivity index (χ1) is 9.60. The number of amides is 1. The lowest BCUT2D eigenvalue weighted by Crippen LogP contribution is -2.58. The van der Waals surface area contributed by atoms with Crippen LogP contribution in [0.3, 0.4) is 0 Å². The van der Waals surface area contributed by atoms with Gasteiger partial charge in [0.15, 0.2) is 0 Å². The highest BCUT2D eigenvalue weighted by molar-refractivity contribution is 5.86. The largest absolute Gasteiger partial charge is 0.390 e. The lowest BCUT2D eigenvalue weighted by Gasteiger charge is -2.33. The van der Waals surface area contributed by atoms with Crippen LogP contribution in [0.5, 0.6) is 0 Å². The molecule has 0 aromatic heterocycles. The SMILES string of the molecule is NC1(C(=O)N[C@H]2c3ccccc3C[C@H]2O)CCOCC1. The van der Waals surface area contributed by atoms with Gasteiger partial charge in [-0.2, -0.15) is 0 Å². The van der Waals surface area contributed by atoms with Crippen molar-refractivity contribution < 1.29 is 14.6 Å². The Hall–Kier alpha value is -1.43. The van der Waals surface area contributed by atoms with E-state index in [9.17, 15) is 9.90 Å². The monoisotopic (exact) mass is 276 g/mol. The third kappa shape index (κ3) is 2.32. The Kier molecular flexibility index (Phi) is 3.50. The van der Waals surface area contributed by atoms with Crippen LogP contribution in [0.2, 0.25) is 0 Å². The Labute approximate surface area is 118 Å². The van der Waals surface area contributed by atoms with E-state index in [0.29, 0.717) is 32.5 Å². The van der Waals surface area contributed by atoms with E-state index in [4.69, 9.17) is 10.5 Å². The van der Waals surface area contributed by atoms with E-state index in [0.717, 1.165) is 11.1 Å². The average Bonchev–Trinajstić information content (AvgIpc) is 2.76. The molecule has 1 aliphatic heterocycles. The minimum atomic E-state index is -0.879. The van der Waals surface area contributed by atoms with Gasteiger partial charge in [-0.15, -0.1) is 0 Å². The number of aliphatic hydroxyl groups excluding tert-OH is 1. The zero-order chi connectivity index (χ0) is 14.2. The number of nitrogens with two attached hydrogens (primary N) is 1. The van der Waals surface area contributed by atoms with Gasteiger partial charge in [-0.25, -0.2) is 0 Å². The number of nitrogens with one attached hydrogen (secondary N) is 1. The summed E-state index contributed by atoms with van der Waals surface area (Å²) in [6.07, 6.45) is 1.02. The van der Waals surface area contributed by atoms with Crippen LogP contribution < -0.4 is 11.1 Å². The van der Waals surface area contributed by atoms with Crippen molar-refractivity contribution in [3.05, 3.63) is 35.4 Å². The molecule has 1 saturated heterocycles. The van der Waals surface area contributed by atoms with Gasteiger partial charge in [0, 0.05) is 19.6 Å². The van der Waals surface area contributed by atoms with E-state index in [1.165, 1.54) is 0 Å². The van der Waals surface area contributed by atoms with Crippen LogP contribution in [0.25, 0.3) is 0 Å². The number of benzene rings is 1. The van der Waals surface area contributed by atoms with Crippen molar-refractivity contribution in [2.24, 2.45) is 5.73 Å². The van der Waals surface area contributed by atoms with Gasteiger partial charge in [0.05, 0.1) is 17.7 Å². The van der Waals surface area contributed by atoms with Crippen molar-refractivity contribution in [1.29, 1.82) is 0 Å². The van der Waals surface area contributed by atoms with Gasteiger partial charge in [0.25, 0.3) is 0 Å². The van der Waals surface area contributed by atoms with Crippen LogP contribution in [-0.2, 0) is 16.0 Å². The highest BCUT2D eigenvalue weighted by Gasteiger charge is 2.40. The number of hydrogen-bond acceptors (Lipinski definition) is 4. The highest BCUT2D eigenvalue weighted by atomic mass is 16.5. The molecule has 108 valence electrons. The van der Waals surface area contributed by atoms with E-state index < -0.39 is 11.6 Å². The molecule has 0 unspecified atom stereocenters. The van der Waals surface area contributed by atoms with Gasteiger partial charge >= 0.3 is 0 Å². The van der Waals surface area contributed by atoms with Crippen LogP contribution >= 0.6 is 0 Å². The summed E-state index contributed by atoms with van der Waals surface area (Å²) in [6, 6.07) is 7.43. The summed E-state index contributed by atoms with van der Waals surface area (Å²) >= 11 is 0. The molecule has 1 fully saturated rings. The first-order valence-corrected chi connectivity index (χ1v) is 7.04. The minimum absolute atomic E-state index is 0.193. The molecule has 2 aliphatic rings. The van der Waals surface area contributed by atoms with Crippen LogP contribution in [0.4, 0.5) is 0 Å². The summed E-state index contributed by atoms with van der Waals surface area (Å²) in [5.41, 5.74) is 7.37. The smallest absolute Gasteiger partial charge is 0.240 e. The fraction of sp³-hybridized carbons (Fsp3) is 0.533. The number of carbonyl (C=O) groups is 1. The lowest BCUT2D eigenvalue weighted by molar-refractivity contribution is -0.131. The zero-order valence-corrected chi connectivity index (χ0v) is 11.3. The molecule has 5 nitrogen and oxygen atoms in total. The Morgan fingerprint density at radius 3 is 2.80 bits per heavy atom. The second-order valence-corrected chi connectivity index (χ2v) is 5.69. The fourth-order valence-electron chi connectivity index (χ4n) is 3.00. The molecule has 1 aromatic carbocycles. The maximum Gasteiger partial charge on any atom is 0.240 e. The molecular formula is C15H20N2O3. The summed E-state index contributed by atoms with van der Waals surface area (Å²) in [7, 11) is 0. The third-order valence-electron chi connectivity index (χ3n) is 4.33. The van der Waals surface area contributed by atoms with Crippen molar-refractivity contribution in [2.45, 2.75) is 36.9 Å². The van der Waals surface area contributed by atoms with Crippen LogP contribution in [-0.4, -0.2) is 35.9 Å². The second kappa shape index (κ2) is 5.16. The quantitative estimate of drug-likeness (QED) is 0.724. The summed E-state index contributed by atoms with van der Waals surface area (Å²) < 4.78 is 5.25. The third-order valence-corrected chi connectivity index (χ3v) is 4.33. The fourth-order valence-corrected chi connectivity index (χ4v) is 3.00. The van der Waals surface area contributed by atoms with Crippen molar-refractivity contribution >= 4 is 5.91 Å². The molecule has 2 atom stereocenters. The molecule has 1 aliphatic carbocycles.